The van der Waals surface area contributed by atoms with Gasteiger partial charge in [0.1, 0.15) is 5.60 Å². The van der Waals surface area contributed by atoms with Crippen molar-refractivity contribution in [2.75, 3.05) is 0 Å². The standard InChI is InChI=1S/C13H21BrN2O/c1-3-7-16-12(11(14)9-15-16)13(17)6-4-5-10(2)8-13/h9-10,17H,3-8H2,1-2H3. The van der Waals surface area contributed by atoms with Crippen LogP contribution in [0.5, 0.6) is 0 Å². The van der Waals surface area contributed by atoms with Crippen LogP contribution in [0.4, 0.5) is 0 Å². The van der Waals surface area contributed by atoms with Crippen molar-refractivity contribution in [3.8, 4) is 0 Å². The number of nitrogens with zero attached hydrogens (tertiary/aromatic N) is 2. The van der Waals surface area contributed by atoms with E-state index in [0.717, 1.165) is 42.4 Å². The molecule has 2 atom stereocenters. The molecule has 3 nitrogen and oxygen atoms in total. The van der Waals surface area contributed by atoms with Crippen molar-refractivity contribution in [1.82, 2.24) is 9.78 Å². The van der Waals surface area contributed by atoms with Crippen molar-refractivity contribution in [3.05, 3.63) is 16.4 Å². The van der Waals surface area contributed by atoms with E-state index in [-0.39, 0.29) is 0 Å². The van der Waals surface area contributed by atoms with Gasteiger partial charge in [-0.25, -0.2) is 0 Å². The smallest absolute Gasteiger partial charge is 0.108 e. The second-order valence-electron chi connectivity index (χ2n) is 5.30. The number of halogens is 1. The zero-order valence-electron chi connectivity index (χ0n) is 10.6. The Labute approximate surface area is 111 Å². The van der Waals surface area contributed by atoms with Gasteiger partial charge in [-0.05, 0) is 47.5 Å². The van der Waals surface area contributed by atoms with E-state index in [4.69, 9.17) is 0 Å². The van der Waals surface area contributed by atoms with Gasteiger partial charge in [0.05, 0.1) is 16.4 Å². The first kappa shape index (κ1) is 13.1. The number of hydrogen-bond acceptors (Lipinski definition) is 2. The Bertz CT molecular complexity index is 391. The maximum absolute atomic E-state index is 10.9. The van der Waals surface area contributed by atoms with Gasteiger partial charge in [0.15, 0.2) is 0 Å². The molecule has 1 saturated carbocycles. The van der Waals surface area contributed by atoms with Gasteiger partial charge < -0.3 is 5.11 Å². The van der Waals surface area contributed by atoms with E-state index >= 15 is 0 Å². The van der Waals surface area contributed by atoms with Crippen LogP contribution in [0.3, 0.4) is 0 Å². The lowest BCUT2D eigenvalue weighted by Gasteiger charge is -2.36. The summed E-state index contributed by atoms with van der Waals surface area (Å²) in [6.45, 7) is 5.23. The van der Waals surface area contributed by atoms with Crippen LogP contribution in [-0.2, 0) is 12.1 Å². The van der Waals surface area contributed by atoms with Crippen LogP contribution in [0.2, 0.25) is 0 Å². The summed E-state index contributed by atoms with van der Waals surface area (Å²) in [5, 5.41) is 15.3. The highest BCUT2D eigenvalue weighted by atomic mass is 79.9. The van der Waals surface area contributed by atoms with Crippen LogP contribution in [-0.4, -0.2) is 14.9 Å². The molecule has 1 heterocycles. The molecule has 1 fully saturated rings. The van der Waals surface area contributed by atoms with E-state index in [9.17, 15) is 5.11 Å². The van der Waals surface area contributed by atoms with Crippen LogP contribution in [0, 0.1) is 5.92 Å². The lowest BCUT2D eigenvalue weighted by Crippen LogP contribution is -2.34. The minimum atomic E-state index is -0.692. The minimum absolute atomic E-state index is 0.589. The molecule has 0 saturated heterocycles. The molecule has 0 aromatic carbocycles. The number of aromatic nitrogens is 2. The molecule has 0 radical (unpaired) electrons. The zero-order chi connectivity index (χ0) is 12.5. The molecule has 0 bridgehead atoms. The van der Waals surface area contributed by atoms with E-state index in [0.29, 0.717) is 5.92 Å². The number of aliphatic hydroxyl groups is 1. The van der Waals surface area contributed by atoms with Gasteiger partial charge in [-0.2, -0.15) is 5.10 Å². The maximum Gasteiger partial charge on any atom is 0.108 e. The number of hydrogen-bond donors (Lipinski definition) is 1. The second-order valence-corrected chi connectivity index (χ2v) is 6.15. The molecular weight excluding hydrogens is 280 g/mol. The molecule has 1 aromatic rings. The topological polar surface area (TPSA) is 38.0 Å². The third-order valence-corrected chi connectivity index (χ3v) is 4.22. The summed E-state index contributed by atoms with van der Waals surface area (Å²) < 4.78 is 2.91. The summed E-state index contributed by atoms with van der Waals surface area (Å²) in [6.07, 6.45) is 6.87. The normalized spacial score (nSPS) is 29.5. The number of aryl methyl sites for hydroxylation is 1. The van der Waals surface area contributed by atoms with E-state index in [1.54, 1.807) is 0 Å². The Hall–Kier alpha value is -0.350. The molecular formula is C13H21BrN2O. The molecule has 0 amide bonds. The van der Waals surface area contributed by atoms with E-state index < -0.39 is 5.60 Å². The van der Waals surface area contributed by atoms with Gasteiger partial charge in [-0.3, -0.25) is 4.68 Å². The summed E-state index contributed by atoms with van der Waals surface area (Å²) in [6, 6.07) is 0. The molecule has 2 rings (SSSR count). The second kappa shape index (κ2) is 5.11. The summed E-state index contributed by atoms with van der Waals surface area (Å²) in [5.41, 5.74) is 0.285. The van der Waals surface area contributed by atoms with E-state index in [2.05, 4.69) is 34.9 Å². The van der Waals surface area contributed by atoms with Crippen molar-refractivity contribution in [2.45, 2.75) is 58.1 Å². The van der Waals surface area contributed by atoms with Crippen molar-refractivity contribution in [2.24, 2.45) is 5.92 Å². The first-order chi connectivity index (χ1) is 8.07. The van der Waals surface area contributed by atoms with Crippen molar-refractivity contribution < 1.29 is 5.11 Å². The fourth-order valence-electron chi connectivity index (χ4n) is 2.95. The highest BCUT2D eigenvalue weighted by molar-refractivity contribution is 9.10. The SMILES string of the molecule is CCCn1ncc(Br)c1C1(O)CCCC(C)C1. The van der Waals surface area contributed by atoms with Gasteiger partial charge in [0.2, 0.25) is 0 Å². The summed E-state index contributed by atoms with van der Waals surface area (Å²) in [5.74, 6) is 0.589. The van der Waals surface area contributed by atoms with Crippen molar-refractivity contribution >= 4 is 15.9 Å². The third-order valence-electron chi connectivity index (χ3n) is 3.64. The Balaban J connectivity index is 2.33. The molecule has 1 aliphatic carbocycles. The van der Waals surface area contributed by atoms with Crippen molar-refractivity contribution in [1.29, 1.82) is 0 Å². The van der Waals surface area contributed by atoms with E-state index in [1.807, 2.05) is 10.9 Å². The first-order valence-electron chi connectivity index (χ1n) is 6.51. The quantitative estimate of drug-likeness (QED) is 0.928. The molecule has 96 valence electrons. The average Bonchev–Trinajstić information content (AvgIpc) is 2.60. The van der Waals surface area contributed by atoms with Gasteiger partial charge in [0, 0.05) is 6.54 Å². The molecule has 1 aromatic heterocycles. The Morgan fingerprint density at radius 3 is 3.06 bits per heavy atom. The highest BCUT2D eigenvalue weighted by Gasteiger charge is 2.38. The third kappa shape index (κ3) is 2.58. The first-order valence-corrected chi connectivity index (χ1v) is 7.30. The lowest BCUT2D eigenvalue weighted by molar-refractivity contribution is -0.0260. The van der Waals surface area contributed by atoms with Gasteiger partial charge in [0.25, 0.3) is 0 Å². The highest BCUT2D eigenvalue weighted by Crippen LogP contribution is 2.42. The van der Waals surface area contributed by atoms with E-state index in [1.165, 1.54) is 6.42 Å². The summed E-state index contributed by atoms with van der Waals surface area (Å²) in [4.78, 5) is 0. The van der Waals surface area contributed by atoms with Gasteiger partial charge >= 0.3 is 0 Å². The lowest BCUT2D eigenvalue weighted by atomic mass is 9.77. The van der Waals surface area contributed by atoms with Crippen LogP contribution in [0.1, 0.15) is 51.6 Å². The van der Waals surface area contributed by atoms with Crippen LogP contribution >= 0.6 is 15.9 Å². The molecule has 0 aliphatic heterocycles. The van der Waals surface area contributed by atoms with Crippen LogP contribution in [0.25, 0.3) is 0 Å². The monoisotopic (exact) mass is 300 g/mol. The summed E-state index contributed by atoms with van der Waals surface area (Å²) in [7, 11) is 0. The average molecular weight is 301 g/mol. The molecule has 0 spiro atoms. The summed E-state index contributed by atoms with van der Waals surface area (Å²) >= 11 is 3.53. The Kier molecular flexibility index (Phi) is 3.93. The fourth-order valence-corrected chi connectivity index (χ4v) is 3.61. The Morgan fingerprint density at radius 2 is 2.41 bits per heavy atom. The largest absolute Gasteiger partial charge is 0.384 e. The number of rotatable bonds is 3. The van der Waals surface area contributed by atoms with Crippen molar-refractivity contribution in [3.63, 3.8) is 0 Å². The molecule has 1 N–H and O–H groups in total. The van der Waals surface area contributed by atoms with Gasteiger partial charge in [-0.15, -0.1) is 0 Å². The van der Waals surface area contributed by atoms with Crippen LogP contribution < -0.4 is 0 Å². The van der Waals surface area contributed by atoms with Gasteiger partial charge in [-0.1, -0.05) is 20.3 Å². The maximum atomic E-state index is 10.9. The fraction of sp³-hybridized carbons (Fsp3) is 0.769. The van der Waals surface area contributed by atoms with Crippen LogP contribution in [0.15, 0.2) is 10.7 Å². The molecule has 1 aliphatic rings. The predicted molar refractivity (Wildman–Crippen MR) is 71.7 cm³/mol. The minimum Gasteiger partial charge on any atom is -0.384 e. The molecule has 17 heavy (non-hydrogen) atoms. The zero-order valence-corrected chi connectivity index (χ0v) is 12.2. The Morgan fingerprint density at radius 1 is 1.65 bits per heavy atom. The predicted octanol–water partition coefficient (Wildman–Crippen LogP) is 3.45. The molecule has 2 unspecified atom stereocenters. The molecule has 4 heteroatoms.